The monoisotopic (exact) mass is 328 g/mol. The lowest BCUT2D eigenvalue weighted by Gasteiger charge is -2.34. The molecular formula is C13H20N4O4S. The Morgan fingerprint density at radius 3 is 2.41 bits per heavy atom. The van der Waals surface area contributed by atoms with Gasteiger partial charge in [-0.3, -0.25) is 10.1 Å². The smallest absolute Gasteiger partial charge is 0.292 e. The predicted molar refractivity (Wildman–Crippen MR) is 85.9 cm³/mol. The van der Waals surface area contributed by atoms with Crippen molar-refractivity contribution in [2.75, 3.05) is 49.2 Å². The second kappa shape index (κ2) is 6.49. The van der Waals surface area contributed by atoms with Crippen molar-refractivity contribution < 1.29 is 13.3 Å². The molecule has 0 unspecified atom stereocenters. The van der Waals surface area contributed by atoms with Gasteiger partial charge in [-0.15, -0.1) is 0 Å². The van der Waals surface area contributed by atoms with Crippen molar-refractivity contribution in [2.45, 2.75) is 6.92 Å². The van der Waals surface area contributed by atoms with Gasteiger partial charge in [0.1, 0.15) is 5.69 Å². The molecule has 1 aliphatic heterocycles. The van der Waals surface area contributed by atoms with Crippen LogP contribution in [0.3, 0.4) is 0 Å². The van der Waals surface area contributed by atoms with E-state index in [1.54, 1.807) is 12.1 Å². The molecule has 1 N–H and O–H groups in total. The maximum atomic E-state index is 11.5. The Hall–Kier alpha value is -1.87. The summed E-state index contributed by atoms with van der Waals surface area (Å²) in [7, 11) is -3.16. The SMILES string of the molecule is CCNc1cc(N2CCN(S(C)(=O)=O)CC2)ccc1[N+](=O)[O-]. The van der Waals surface area contributed by atoms with Crippen LogP contribution >= 0.6 is 0 Å². The van der Waals surface area contributed by atoms with Gasteiger partial charge in [-0.25, -0.2) is 8.42 Å². The quantitative estimate of drug-likeness (QED) is 0.642. The van der Waals surface area contributed by atoms with Crippen LogP contribution in [-0.4, -0.2) is 56.6 Å². The second-order valence-corrected chi connectivity index (χ2v) is 7.12. The topological polar surface area (TPSA) is 95.8 Å². The van der Waals surface area contributed by atoms with Gasteiger partial charge in [-0.05, 0) is 19.1 Å². The number of nitro benzene ring substituents is 1. The molecule has 0 spiro atoms. The molecule has 1 heterocycles. The third kappa shape index (κ3) is 3.66. The van der Waals surface area contributed by atoms with E-state index in [2.05, 4.69) is 5.32 Å². The molecule has 2 rings (SSSR count). The highest BCUT2D eigenvalue weighted by molar-refractivity contribution is 7.88. The van der Waals surface area contributed by atoms with E-state index in [1.165, 1.54) is 16.6 Å². The predicted octanol–water partition coefficient (Wildman–Crippen LogP) is 1.11. The Kier molecular flexibility index (Phi) is 4.87. The number of piperazine rings is 1. The highest BCUT2D eigenvalue weighted by Gasteiger charge is 2.24. The summed E-state index contributed by atoms with van der Waals surface area (Å²) in [5.41, 5.74) is 1.38. The van der Waals surface area contributed by atoms with Crippen LogP contribution in [-0.2, 0) is 10.0 Å². The average molecular weight is 328 g/mol. The molecular weight excluding hydrogens is 308 g/mol. The van der Waals surface area contributed by atoms with Crippen molar-refractivity contribution in [3.05, 3.63) is 28.3 Å². The van der Waals surface area contributed by atoms with E-state index in [0.717, 1.165) is 5.69 Å². The van der Waals surface area contributed by atoms with E-state index in [-0.39, 0.29) is 5.69 Å². The van der Waals surface area contributed by atoms with E-state index in [4.69, 9.17) is 0 Å². The summed E-state index contributed by atoms with van der Waals surface area (Å²) in [4.78, 5) is 12.6. The normalized spacial score (nSPS) is 16.5. The molecule has 0 saturated carbocycles. The molecule has 0 radical (unpaired) electrons. The van der Waals surface area contributed by atoms with E-state index in [1.807, 2.05) is 11.8 Å². The van der Waals surface area contributed by atoms with Gasteiger partial charge >= 0.3 is 0 Å². The molecule has 0 amide bonds. The number of sulfonamides is 1. The van der Waals surface area contributed by atoms with E-state index in [9.17, 15) is 18.5 Å². The minimum absolute atomic E-state index is 0.0420. The highest BCUT2D eigenvalue weighted by atomic mass is 32.2. The summed E-state index contributed by atoms with van der Waals surface area (Å²) < 4.78 is 24.5. The Bertz CT molecular complexity index is 654. The summed E-state index contributed by atoms with van der Waals surface area (Å²) in [6.07, 6.45) is 1.21. The van der Waals surface area contributed by atoms with Gasteiger partial charge in [0, 0.05) is 44.5 Å². The minimum atomic E-state index is -3.16. The Morgan fingerprint density at radius 1 is 1.27 bits per heavy atom. The summed E-state index contributed by atoms with van der Waals surface area (Å²) in [6, 6.07) is 4.93. The van der Waals surface area contributed by atoms with Gasteiger partial charge in [-0.2, -0.15) is 4.31 Å². The van der Waals surface area contributed by atoms with E-state index in [0.29, 0.717) is 38.4 Å². The first kappa shape index (κ1) is 16.5. The van der Waals surface area contributed by atoms with Gasteiger partial charge < -0.3 is 10.2 Å². The summed E-state index contributed by atoms with van der Waals surface area (Å²) >= 11 is 0. The second-order valence-electron chi connectivity index (χ2n) is 5.14. The molecule has 0 aromatic heterocycles. The summed E-state index contributed by atoms with van der Waals surface area (Å²) in [5, 5.41) is 14.0. The first-order valence-electron chi connectivity index (χ1n) is 7.05. The van der Waals surface area contributed by atoms with Crippen molar-refractivity contribution in [1.29, 1.82) is 0 Å². The standard InChI is InChI=1S/C13H20N4O4S/c1-3-14-12-10-11(4-5-13(12)17(18)19)15-6-8-16(9-7-15)22(2,20)21/h4-5,10,14H,3,6-9H2,1-2H3. The zero-order valence-electron chi connectivity index (χ0n) is 12.7. The molecule has 0 atom stereocenters. The van der Waals surface area contributed by atoms with Crippen molar-refractivity contribution in [2.24, 2.45) is 0 Å². The summed E-state index contributed by atoms with van der Waals surface area (Å²) in [6.45, 7) is 4.44. The first-order chi connectivity index (χ1) is 10.3. The molecule has 1 aromatic rings. The lowest BCUT2D eigenvalue weighted by Crippen LogP contribution is -2.48. The molecule has 1 aromatic carbocycles. The van der Waals surface area contributed by atoms with Crippen molar-refractivity contribution in [3.63, 3.8) is 0 Å². The van der Waals surface area contributed by atoms with Gasteiger partial charge in [0.25, 0.3) is 5.69 Å². The van der Waals surface area contributed by atoms with Crippen LogP contribution in [0.5, 0.6) is 0 Å². The fourth-order valence-electron chi connectivity index (χ4n) is 2.49. The zero-order valence-corrected chi connectivity index (χ0v) is 13.5. The number of nitro groups is 1. The largest absolute Gasteiger partial charge is 0.380 e. The Balaban J connectivity index is 2.17. The lowest BCUT2D eigenvalue weighted by atomic mass is 10.2. The third-order valence-electron chi connectivity index (χ3n) is 3.62. The molecule has 8 nitrogen and oxygen atoms in total. The minimum Gasteiger partial charge on any atom is -0.380 e. The van der Waals surface area contributed by atoms with E-state index >= 15 is 0 Å². The fraction of sp³-hybridized carbons (Fsp3) is 0.538. The van der Waals surface area contributed by atoms with Gasteiger partial charge in [0.2, 0.25) is 10.0 Å². The van der Waals surface area contributed by atoms with Crippen LogP contribution in [0.2, 0.25) is 0 Å². The van der Waals surface area contributed by atoms with Crippen LogP contribution < -0.4 is 10.2 Å². The average Bonchev–Trinajstić information content (AvgIpc) is 2.46. The molecule has 0 aliphatic carbocycles. The number of anilines is 2. The maximum absolute atomic E-state index is 11.5. The highest BCUT2D eigenvalue weighted by Crippen LogP contribution is 2.30. The zero-order chi connectivity index (χ0) is 16.3. The lowest BCUT2D eigenvalue weighted by molar-refractivity contribution is -0.383. The Morgan fingerprint density at radius 2 is 1.91 bits per heavy atom. The fourth-order valence-corrected chi connectivity index (χ4v) is 3.32. The molecule has 9 heteroatoms. The maximum Gasteiger partial charge on any atom is 0.292 e. The molecule has 1 fully saturated rings. The Labute approximate surface area is 129 Å². The van der Waals surface area contributed by atoms with Crippen LogP contribution in [0.1, 0.15) is 6.92 Å². The number of benzene rings is 1. The molecule has 1 saturated heterocycles. The molecule has 0 bridgehead atoms. The molecule has 1 aliphatic rings. The van der Waals surface area contributed by atoms with Crippen LogP contribution in [0.4, 0.5) is 17.1 Å². The molecule has 22 heavy (non-hydrogen) atoms. The summed E-state index contributed by atoms with van der Waals surface area (Å²) in [5.74, 6) is 0. The van der Waals surface area contributed by atoms with Crippen LogP contribution in [0.25, 0.3) is 0 Å². The first-order valence-corrected chi connectivity index (χ1v) is 8.90. The number of nitrogens with one attached hydrogen (secondary N) is 1. The van der Waals surface area contributed by atoms with Crippen molar-refractivity contribution in [3.8, 4) is 0 Å². The molecule has 122 valence electrons. The van der Waals surface area contributed by atoms with Gasteiger partial charge in [-0.1, -0.05) is 0 Å². The van der Waals surface area contributed by atoms with Crippen LogP contribution in [0, 0.1) is 10.1 Å². The number of hydrogen-bond acceptors (Lipinski definition) is 6. The van der Waals surface area contributed by atoms with Crippen LogP contribution in [0.15, 0.2) is 18.2 Å². The number of nitrogens with zero attached hydrogens (tertiary/aromatic N) is 3. The number of hydrogen-bond donors (Lipinski definition) is 1. The van der Waals surface area contributed by atoms with E-state index < -0.39 is 14.9 Å². The van der Waals surface area contributed by atoms with Gasteiger partial charge in [0.15, 0.2) is 0 Å². The third-order valence-corrected chi connectivity index (χ3v) is 4.92. The van der Waals surface area contributed by atoms with Crippen molar-refractivity contribution >= 4 is 27.1 Å². The van der Waals surface area contributed by atoms with Gasteiger partial charge in [0.05, 0.1) is 11.2 Å². The number of rotatable bonds is 5. The van der Waals surface area contributed by atoms with Crippen molar-refractivity contribution in [1.82, 2.24) is 4.31 Å².